The molecule has 0 bridgehead atoms. The maximum atomic E-state index is 11.2. The molecule has 2 rings (SSSR count). The van der Waals surface area contributed by atoms with Crippen LogP contribution in [0.1, 0.15) is 18.1 Å². The molecular weight excluding hydrogens is 290 g/mol. The highest BCUT2D eigenvalue weighted by atomic mass is 16.5. The molecule has 1 atom stereocenters. The van der Waals surface area contributed by atoms with Crippen molar-refractivity contribution in [2.75, 3.05) is 14.2 Å². The van der Waals surface area contributed by atoms with Crippen molar-refractivity contribution in [3.8, 4) is 11.5 Å². The van der Waals surface area contributed by atoms with Gasteiger partial charge < -0.3 is 20.3 Å². The lowest BCUT2D eigenvalue weighted by molar-refractivity contribution is 0.0190. The zero-order valence-electron chi connectivity index (χ0n) is 14.0. The van der Waals surface area contributed by atoms with Crippen LogP contribution in [0.3, 0.4) is 0 Å². The van der Waals surface area contributed by atoms with E-state index in [-0.39, 0.29) is 0 Å². The first-order valence-corrected chi connectivity index (χ1v) is 7.72. The number of para-hydroxylation sites is 2. The van der Waals surface area contributed by atoms with Crippen LogP contribution < -0.4 is 15.2 Å². The SMILES string of the molecule is COc1ccccc1CC(O)(Cc1ccccc1OC)C(C)N. The van der Waals surface area contributed by atoms with Crippen molar-refractivity contribution in [1.29, 1.82) is 0 Å². The Labute approximate surface area is 137 Å². The molecule has 0 aliphatic heterocycles. The minimum absolute atomic E-state index is 0.405. The van der Waals surface area contributed by atoms with Gasteiger partial charge in [0.05, 0.1) is 19.8 Å². The third-order valence-electron chi connectivity index (χ3n) is 4.23. The number of ether oxygens (including phenoxy) is 2. The first-order chi connectivity index (χ1) is 11.0. The largest absolute Gasteiger partial charge is 0.496 e. The first-order valence-electron chi connectivity index (χ1n) is 7.72. The second kappa shape index (κ2) is 7.49. The van der Waals surface area contributed by atoms with E-state index in [4.69, 9.17) is 15.2 Å². The second-order valence-electron chi connectivity index (χ2n) is 5.87. The molecule has 0 radical (unpaired) electrons. The highest BCUT2D eigenvalue weighted by Crippen LogP contribution is 2.30. The van der Waals surface area contributed by atoms with E-state index in [1.807, 2.05) is 55.5 Å². The Balaban J connectivity index is 2.32. The van der Waals surface area contributed by atoms with Gasteiger partial charge in [0, 0.05) is 18.9 Å². The van der Waals surface area contributed by atoms with Gasteiger partial charge in [-0.2, -0.15) is 0 Å². The maximum absolute atomic E-state index is 11.2. The van der Waals surface area contributed by atoms with Crippen molar-refractivity contribution >= 4 is 0 Å². The minimum Gasteiger partial charge on any atom is -0.496 e. The van der Waals surface area contributed by atoms with Crippen LogP contribution in [0.4, 0.5) is 0 Å². The van der Waals surface area contributed by atoms with Crippen LogP contribution in [0.15, 0.2) is 48.5 Å². The Morgan fingerprint density at radius 1 is 0.913 bits per heavy atom. The molecule has 0 spiro atoms. The lowest BCUT2D eigenvalue weighted by atomic mass is 9.82. The first kappa shape index (κ1) is 17.3. The lowest BCUT2D eigenvalue weighted by Gasteiger charge is -2.33. The van der Waals surface area contributed by atoms with Gasteiger partial charge in [0.25, 0.3) is 0 Å². The van der Waals surface area contributed by atoms with Gasteiger partial charge in [-0.1, -0.05) is 36.4 Å². The fraction of sp³-hybridized carbons (Fsp3) is 0.368. The standard InChI is InChI=1S/C19H25NO3/c1-14(20)19(21,12-15-8-4-6-10-17(15)22-2)13-16-9-5-7-11-18(16)23-3/h4-11,14,21H,12-13,20H2,1-3H3. The minimum atomic E-state index is -1.09. The van der Waals surface area contributed by atoms with E-state index in [0.29, 0.717) is 12.8 Å². The summed E-state index contributed by atoms with van der Waals surface area (Å²) < 4.78 is 10.8. The third kappa shape index (κ3) is 4.03. The van der Waals surface area contributed by atoms with E-state index in [1.165, 1.54) is 0 Å². The highest BCUT2D eigenvalue weighted by Gasteiger charge is 2.34. The Hall–Kier alpha value is -2.04. The average molecular weight is 315 g/mol. The van der Waals surface area contributed by atoms with Crippen molar-refractivity contribution in [2.45, 2.75) is 31.4 Å². The summed E-state index contributed by atoms with van der Waals surface area (Å²) in [5.41, 5.74) is 6.89. The van der Waals surface area contributed by atoms with E-state index >= 15 is 0 Å². The molecule has 1 unspecified atom stereocenters. The number of hydrogen-bond donors (Lipinski definition) is 2. The van der Waals surface area contributed by atoms with Crippen LogP contribution in [-0.4, -0.2) is 31.0 Å². The Kier molecular flexibility index (Phi) is 5.64. The summed E-state index contributed by atoms with van der Waals surface area (Å²) >= 11 is 0. The molecule has 0 aliphatic carbocycles. The van der Waals surface area contributed by atoms with E-state index in [9.17, 15) is 5.11 Å². The predicted octanol–water partition coefficient (Wildman–Crippen LogP) is 2.57. The summed E-state index contributed by atoms with van der Waals surface area (Å²) in [4.78, 5) is 0. The van der Waals surface area contributed by atoms with Crippen molar-refractivity contribution < 1.29 is 14.6 Å². The molecule has 0 saturated heterocycles. The molecule has 3 N–H and O–H groups in total. The van der Waals surface area contributed by atoms with Crippen molar-refractivity contribution in [1.82, 2.24) is 0 Å². The lowest BCUT2D eigenvalue weighted by Crippen LogP contribution is -2.49. The Bertz CT molecular complexity index is 591. The quantitative estimate of drug-likeness (QED) is 0.824. The number of aliphatic hydroxyl groups is 1. The second-order valence-corrected chi connectivity index (χ2v) is 5.87. The summed E-state index contributed by atoms with van der Waals surface area (Å²) in [6, 6.07) is 15.0. The molecule has 23 heavy (non-hydrogen) atoms. The molecule has 0 saturated carbocycles. The van der Waals surface area contributed by atoms with Gasteiger partial charge in [0.1, 0.15) is 11.5 Å². The maximum Gasteiger partial charge on any atom is 0.122 e. The number of rotatable bonds is 7. The summed E-state index contributed by atoms with van der Waals surface area (Å²) in [6.45, 7) is 1.82. The van der Waals surface area contributed by atoms with Crippen molar-refractivity contribution in [3.05, 3.63) is 59.7 Å². The van der Waals surface area contributed by atoms with E-state index in [2.05, 4.69) is 0 Å². The van der Waals surface area contributed by atoms with Gasteiger partial charge >= 0.3 is 0 Å². The van der Waals surface area contributed by atoms with Crippen LogP contribution in [0.25, 0.3) is 0 Å². The smallest absolute Gasteiger partial charge is 0.122 e. The van der Waals surface area contributed by atoms with Gasteiger partial charge in [-0.25, -0.2) is 0 Å². The van der Waals surface area contributed by atoms with Gasteiger partial charge in [0.15, 0.2) is 0 Å². The molecule has 0 fully saturated rings. The average Bonchev–Trinajstić information content (AvgIpc) is 2.55. The van der Waals surface area contributed by atoms with Gasteiger partial charge in [0.2, 0.25) is 0 Å². The summed E-state index contributed by atoms with van der Waals surface area (Å²) in [7, 11) is 3.26. The van der Waals surface area contributed by atoms with E-state index < -0.39 is 11.6 Å². The topological polar surface area (TPSA) is 64.7 Å². The fourth-order valence-corrected chi connectivity index (χ4v) is 2.74. The zero-order valence-corrected chi connectivity index (χ0v) is 14.0. The molecular formula is C19H25NO3. The molecule has 0 heterocycles. The van der Waals surface area contributed by atoms with E-state index in [0.717, 1.165) is 22.6 Å². The molecule has 4 nitrogen and oxygen atoms in total. The zero-order chi connectivity index (χ0) is 16.9. The molecule has 124 valence electrons. The molecule has 0 amide bonds. The fourth-order valence-electron chi connectivity index (χ4n) is 2.74. The number of hydrogen-bond acceptors (Lipinski definition) is 4. The van der Waals surface area contributed by atoms with Crippen LogP contribution in [-0.2, 0) is 12.8 Å². The van der Waals surface area contributed by atoms with Crippen LogP contribution >= 0.6 is 0 Å². The summed E-state index contributed by atoms with van der Waals surface area (Å²) in [5.74, 6) is 1.51. The van der Waals surface area contributed by atoms with Gasteiger partial charge in [-0.05, 0) is 30.2 Å². The van der Waals surface area contributed by atoms with Gasteiger partial charge in [-0.3, -0.25) is 0 Å². The normalized spacial score (nSPS) is 12.7. The van der Waals surface area contributed by atoms with Gasteiger partial charge in [-0.15, -0.1) is 0 Å². The third-order valence-corrected chi connectivity index (χ3v) is 4.23. The number of methoxy groups -OCH3 is 2. The van der Waals surface area contributed by atoms with Crippen molar-refractivity contribution in [3.63, 3.8) is 0 Å². The predicted molar refractivity (Wildman–Crippen MR) is 92.0 cm³/mol. The number of nitrogens with two attached hydrogens (primary N) is 1. The molecule has 4 heteroatoms. The highest BCUT2D eigenvalue weighted by molar-refractivity contribution is 5.38. The summed E-state index contributed by atoms with van der Waals surface area (Å²) in [5, 5.41) is 11.2. The molecule has 0 aromatic heterocycles. The molecule has 2 aromatic rings. The number of benzene rings is 2. The van der Waals surface area contributed by atoms with Crippen molar-refractivity contribution in [2.24, 2.45) is 5.73 Å². The summed E-state index contributed by atoms with van der Waals surface area (Å²) in [6.07, 6.45) is 0.819. The Morgan fingerprint density at radius 2 is 1.30 bits per heavy atom. The monoisotopic (exact) mass is 315 g/mol. The molecule has 2 aromatic carbocycles. The van der Waals surface area contributed by atoms with E-state index in [1.54, 1.807) is 14.2 Å². The van der Waals surface area contributed by atoms with Crippen LogP contribution in [0.2, 0.25) is 0 Å². The molecule has 0 aliphatic rings. The Morgan fingerprint density at radius 3 is 1.65 bits per heavy atom. The van der Waals surface area contributed by atoms with Crippen LogP contribution in [0, 0.1) is 0 Å². The van der Waals surface area contributed by atoms with Crippen LogP contribution in [0.5, 0.6) is 11.5 Å².